The Bertz CT molecular complexity index is 300. The lowest BCUT2D eigenvalue weighted by Crippen LogP contribution is -2.13. The zero-order valence-corrected chi connectivity index (χ0v) is 8.28. The standard InChI is InChI=1S/C9H11ClN2O/c1-9(2,13)6-5-7-3-4-8(10)12-11-7/h3-6,13H,1-2H3/b6-5+. The van der Waals surface area contributed by atoms with E-state index in [0.717, 1.165) is 0 Å². The Morgan fingerprint density at radius 2 is 2.08 bits per heavy atom. The molecular formula is C9H11ClN2O. The second-order valence-electron chi connectivity index (χ2n) is 3.27. The van der Waals surface area contributed by atoms with Crippen molar-refractivity contribution in [2.24, 2.45) is 0 Å². The minimum Gasteiger partial charge on any atom is -0.386 e. The zero-order chi connectivity index (χ0) is 9.90. The van der Waals surface area contributed by atoms with Crippen LogP contribution in [0.15, 0.2) is 18.2 Å². The molecule has 3 nitrogen and oxygen atoms in total. The van der Waals surface area contributed by atoms with Gasteiger partial charge in [-0.05, 0) is 32.1 Å². The molecule has 1 N–H and O–H groups in total. The van der Waals surface area contributed by atoms with Gasteiger partial charge in [0.15, 0.2) is 5.15 Å². The van der Waals surface area contributed by atoms with Crippen molar-refractivity contribution in [1.82, 2.24) is 10.2 Å². The third-order valence-corrected chi connectivity index (χ3v) is 1.52. The van der Waals surface area contributed by atoms with Gasteiger partial charge in [0.1, 0.15) is 0 Å². The number of nitrogens with zero attached hydrogens (tertiary/aromatic N) is 2. The van der Waals surface area contributed by atoms with Crippen molar-refractivity contribution in [1.29, 1.82) is 0 Å². The number of halogens is 1. The molecule has 0 aliphatic rings. The Labute approximate surface area is 82.1 Å². The molecule has 0 spiro atoms. The average molecular weight is 199 g/mol. The van der Waals surface area contributed by atoms with Gasteiger partial charge in [-0.1, -0.05) is 17.7 Å². The molecule has 0 aliphatic heterocycles. The van der Waals surface area contributed by atoms with Gasteiger partial charge < -0.3 is 5.11 Å². The Hall–Kier alpha value is -0.930. The maximum absolute atomic E-state index is 9.37. The molecule has 13 heavy (non-hydrogen) atoms. The molecule has 0 amide bonds. The van der Waals surface area contributed by atoms with Crippen molar-refractivity contribution >= 4 is 17.7 Å². The summed E-state index contributed by atoms with van der Waals surface area (Å²) in [5.74, 6) is 0. The van der Waals surface area contributed by atoms with Crippen molar-refractivity contribution in [2.75, 3.05) is 0 Å². The molecule has 0 bridgehead atoms. The summed E-state index contributed by atoms with van der Waals surface area (Å²) in [6.45, 7) is 3.37. The Morgan fingerprint density at radius 1 is 1.38 bits per heavy atom. The molecule has 1 heterocycles. The van der Waals surface area contributed by atoms with Gasteiger partial charge >= 0.3 is 0 Å². The molecule has 0 atom stereocenters. The van der Waals surface area contributed by atoms with E-state index in [1.807, 2.05) is 0 Å². The van der Waals surface area contributed by atoms with E-state index >= 15 is 0 Å². The Kier molecular flexibility index (Phi) is 3.01. The first-order chi connectivity index (χ1) is 5.97. The van der Waals surface area contributed by atoms with Gasteiger partial charge in [-0.2, -0.15) is 0 Å². The van der Waals surface area contributed by atoms with Crippen LogP contribution in [0.1, 0.15) is 19.5 Å². The van der Waals surface area contributed by atoms with Crippen molar-refractivity contribution in [3.63, 3.8) is 0 Å². The largest absolute Gasteiger partial charge is 0.386 e. The Balaban J connectivity index is 2.75. The van der Waals surface area contributed by atoms with Crippen LogP contribution in [0.3, 0.4) is 0 Å². The van der Waals surface area contributed by atoms with Crippen LogP contribution in [0.25, 0.3) is 6.08 Å². The topological polar surface area (TPSA) is 46.0 Å². The third-order valence-electron chi connectivity index (χ3n) is 1.31. The fraction of sp³-hybridized carbons (Fsp3) is 0.333. The number of aromatic nitrogens is 2. The summed E-state index contributed by atoms with van der Waals surface area (Å²) in [5.41, 5.74) is -0.159. The van der Waals surface area contributed by atoms with Gasteiger partial charge in [0.2, 0.25) is 0 Å². The van der Waals surface area contributed by atoms with Crippen LogP contribution in [0.5, 0.6) is 0 Å². The normalized spacial score (nSPS) is 12.3. The lowest BCUT2D eigenvalue weighted by molar-refractivity contribution is 0.134. The first-order valence-corrected chi connectivity index (χ1v) is 4.26. The van der Waals surface area contributed by atoms with Gasteiger partial charge in [0, 0.05) is 0 Å². The Morgan fingerprint density at radius 3 is 2.54 bits per heavy atom. The highest BCUT2D eigenvalue weighted by molar-refractivity contribution is 6.29. The highest BCUT2D eigenvalue weighted by Gasteiger charge is 2.05. The predicted octanol–water partition coefficient (Wildman–Crippen LogP) is 1.91. The van der Waals surface area contributed by atoms with Crippen LogP contribution in [-0.2, 0) is 0 Å². The molecule has 1 rings (SSSR count). The fourth-order valence-corrected chi connectivity index (χ4v) is 0.805. The molecule has 0 saturated carbocycles. The predicted molar refractivity (Wildman–Crippen MR) is 52.4 cm³/mol. The highest BCUT2D eigenvalue weighted by atomic mass is 35.5. The molecule has 0 fully saturated rings. The first kappa shape index (κ1) is 10.2. The quantitative estimate of drug-likeness (QED) is 0.790. The highest BCUT2D eigenvalue weighted by Crippen LogP contribution is 2.08. The second-order valence-corrected chi connectivity index (χ2v) is 3.66. The summed E-state index contributed by atoms with van der Waals surface area (Å²) in [6.07, 6.45) is 3.34. The van der Waals surface area contributed by atoms with Crippen molar-refractivity contribution in [3.8, 4) is 0 Å². The molecule has 0 aliphatic carbocycles. The van der Waals surface area contributed by atoms with E-state index in [9.17, 15) is 5.11 Å². The van der Waals surface area contributed by atoms with E-state index < -0.39 is 5.60 Å². The number of hydrogen-bond acceptors (Lipinski definition) is 3. The van der Waals surface area contributed by atoms with Gasteiger partial charge in [-0.25, -0.2) is 0 Å². The van der Waals surface area contributed by atoms with Crippen LogP contribution in [-0.4, -0.2) is 20.9 Å². The molecule has 4 heteroatoms. The molecule has 0 unspecified atom stereocenters. The van der Waals surface area contributed by atoms with Crippen LogP contribution >= 0.6 is 11.6 Å². The summed E-state index contributed by atoms with van der Waals surface area (Å²) < 4.78 is 0. The molecule has 0 saturated heterocycles. The minimum atomic E-state index is -0.832. The molecule has 1 aromatic heterocycles. The SMILES string of the molecule is CC(C)(O)/C=C/c1ccc(Cl)nn1. The van der Waals surface area contributed by atoms with Gasteiger partial charge in [0.05, 0.1) is 11.3 Å². The second kappa shape index (κ2) is 3.85. The van der Waals surface area contributed by atoms with Gasteiger partial charge in [0.25, 0.3) is 0 Å². The zero-order valence-electron chi connectivity index (χ0n) is 7.53. The third kappa shape index (κ3) is 4.01. The van der Waals surface area contributed by atoms with Gasteiger partial charge in [-0.15, -0.1) is 10.2 Å². The van der Waals surface area contributed by atoms with Crippen molar-refractivity contribution in [2.45, 2.75) is 19.4 Å². The molecule has 0 radical (unpaired) electrons. The minimum absolute atomic E-state index is 0.361. The van der Waals surface area contributed by atoms with E-state index in [1.165, 1.54) is 0 Å². The van der Waals surface area contributed by atoms with Crippen molar-refractivity contribution < 1.29 is 5.11 Å². The van der Waals surface area contributed by atoms with Crippen LogP contribution in [0.2, 0.25) is 5.15 Å². The van der Waals surface area contributed by atoms with E-state index in [0.29, 0.717) is 10.8 Å². The summed E-state index contributed by atoms with van der Waals surface area (Å²) >= 11 is 5.55. The number of hydrogen-bond donors (Lipinski definition) is 1. The average Bonchev–Trinajstić information content (AvgIpc) is 2.02. The molecule has 0 aromatic carbocycles. The van der Waals surface area contributed by atoms with Crippen LogP contribution in [0, 0.1) is 0 Å². The molecule has 1 aromatic rings. The number of rotatable bonds is 2. The fourth-order valence-electron chi connectivity index (χ4n) is 0.705. The summed E-state index contributed by atoms with van der Waals surface area (Å²) in [4.78, 5) is 0. The number of aliphatic hydroxyl groups is 1. The molecule has 70 valence electrons. The van der Waals surface area contributed by atoms with Gasteiger partial charge in [-0.3, -0.25) is 0 Å². The summed E-state index contributed by atoms with van der Waals surface area (Å²) in [6, 6.07) is 3.39. The lowest BCUT2D eigenvalue weighted by Gasteiger charge is -2.09. The van der Waals surface area contributed by atoms with E-state index in [2.05, 4.69) is 10.2 Å². The van der Waals surface area contributed by atoms with Crippen LogP contribution in [0.4, 0.5) is 0 Å². The lowest BCUT2D eigenvalue weighted by atomic mass is 10.1. The monoisotopic (exact) mass is 198 g/mol. The summed E-state index contributed by atoms with van der Waals surface area (Å²) in [7, 11) is 0. The smallest absolute Gasteiger partial charge is 0.151 e. The first-order valence-electron chi connectivity index (χ1n) is 3.88. The van der Waals surface area contributed by atoms with E-state index in [4.69, 9.17) is 11.6 Å². The maximum atomic E-state index is 9.37. The summed E-state index contributed by atoms with van der Waals surface area (Å²) in [5, 5.41) is 17.2. The van der Waals surface area contributed by atoms with Crippen LogP contribution < -0.4 is 0 Å². The maximum Gasteiger partial charge on any atom is 0.151 e. The molecular weight excluding hydrogens is 188 g/mol. The van der Waals surface area contributed by atoms with E-state index in [1.54, 1.807) is 38.1 Å². The van der Waals surface area contributed by atoms with Crippen molar-refractivity contribution in [3.05, 3.63) is 29.1 Å². The van der Waals surface area contributed by atoms with E-state index in [-0.39, 0.29) is 0 Å².